The fourth-order valence-electron chi connectivity index (χ4n) is 3.97. The van der Waals surface area contributed by atoms with Gasteiger partial charge in [-0.15, -0.1) is 5.10 Å². The number of carbonyl (C=O) groups is 1. The minimum absolute atomic E-state index is 0.146. The molecule has 6 nitrogen and oxygen atoms in total. The molecule has 0 bridgehead atoms. The molecule has 1 unspecified atom stereocenters. The van der Waals surface area contributed by atoms with Crippen LogP contribution in [0.5, 0.6) is 0 Å². The molecule has 0 radical (unpaired) electrons. The summed E-state index contributed by atoms with van der Waals surface area (Å²) in [7, 11) is 0. The maximum Gasteiger partial charge on any atom is 0.255 e. The molecule has 0 aliphatic carbocycles. The smallest absolute Gasteiger partial charge is 0.255 e. The number of aromatic nitrogens is 3. The van der Waals surface area contributed by atoms with E-state index in [4.69, 9.17) is 5.10 Å². The standard InChI is InChI=1S/C26H31N5OS/c1-6-14-33-26-29-25-27-18(5)22(24(32)28-21-9-7-8-17(4)15-21)23(31(25)30-26)20-12-10-19(11-13-20)16(2)3/h7-13,15-16,23H,6,14H2,1-5H3,(H,28,32)(H,27,29,30). The molecule has 172 valence electrons. The Kier molecular flexibility index (Phi) is 6.88. The summed E-state index contributed by atoms with van der Waals surface area (Å²) >= 11 is 1.63. The monoisotopic (exact) mass is 461 g/mol. The zero-order chi connectivity index (χ0) is 23.5. The summed E-state index contributed by atoms with van der Waals surface area (Å²) in [6.45, 7) is 10.4. The zero-order valence-corrected chi connectivity index (χ0v) is 20.7. The van der Waals surface area contributed by atoms with Gasteiger partial charge in [-0.05, 0) is 55.0 Å². The van der Waals surface area contributed by atoms with Crippen LogP contribution >= 0.6 is 11.8 Å². The third kappa shape index (κ3) is 4.98. The van der Waals surface area contributed by atoms with Gasteiger partial charge in [0.2, 0.25) is 11.1 Å². The number of hydrogen-bond acceptors (Lipinski definition) is 5. The van der Waals surface area contributed by atoms with Gasteiger partial charge in [-0.25, -0.2) is 4.68 Å². The van der Waals surface area contributed by atoms with Gasteiger partial charge in [-0.2, -0.15) is 4.98 Å². The lowest BCUT2D eigenvalue weighted by molar-refractivity contribution is -0.113. The molecule has 1 aliphatic rings. The number of anilines is 2. The van der Waals surface area contributed by atoms with E-state index in [9.17, 15) is 4.79 Å². The number of rotatable bonds is 7. The lowest BCUT2D eigenvalue weighted by atomic mass is 9.92. The lowest BCUT2D eigenvalue weighted by Crippen LogP contribution is -2.31. The average molecular weight is 462 g/mol. The number of carbonyl (C=O) groups excluding carboxylic acids is 1. The Morgan fingerprint density at radius 1 is 1.18 bits per heavy atom. The molecule has 7 heteroatoms. The van der Waals surface area contributed by atoms with Crippen LogP contribution in [0.2, 0.25) is 0 Å². The highest BCUT2D eigenvalue weighted by Gasteiger charge is 2.34. The molecule has 1 atom stereocenters. The molecular weight excluding hydrogens is 430 g/mol. The summed E-state index contributed by atoms with van der Waals surface area (Å²) in [4.78, 5) is 18.2. The topological polar surface area (TPSA) is 71.8 Å². The summed E-state index contributed by atoms with van der Waals surface area (Å²) in [6, 6.07) is 15.9. The van der Waals surface area contributed by atoms with Crippen LogP contribution in [0.4, 0.5) is 11.6 Å². The van der Waals surface area contributed by atoms with Gasteiger partial charge in [0.05, 0.1) is 5.57 Å². The van der Waals surface area contributed by atoms with Gasteiger partial charge in [-0.3, -0.25) is 4.79 Å². The van der Waals surface area contributed by atoms with Crippen molar-refractivity contribution in [1.29, 1.82) is 0 Å². The molecule has 0 saturated heterocycles. The van der Waals surface area contributed by atoms with Crippen molar-refractivity contribution in [3.05, 3.63) is 76.5 Å². The Bertz CT molecular complexity index is 1180. The molecule has 33 heavy (non-hydrogen) atoms. The molecule has 1 aromatic heterocycles. The second kappa shape index (κ2) is 9.83. The Hall–Kier alpha value is -3.06. The van der Waals surface area contributed by atoms with Crippen molar-refractivity contribution in [2.75, 3.05) is 16.4 Å². The maximum atomic E-state index is 13.6. The minimum atomic E-state index is -0.365. The van der Waals surface area contributed by atoms with E-state index in [2.05, 4.69) is 60.7 Å². The van der Waals surface area contributed by atoms with Crippen molar-refractivity contribution in [3.8, 4) is 0 Å². The first-order valence-corrected chi connectivity index (χ1v) is 12.4. The molecule has 0 saturated carbocycles. The number of thioether (sulfide) groups is 1. The number of aryl methyl sites for hydroxylation is 1. The van der Waals surface area contributed by atoms with Gasteiger partial charge >= 0.3 is 0 Å². The molecular formula is C26H31N5OS. The van der Waals surface area contributed by atoms with Crippen LogP contribution in [0.15, 0.2) is 65.0 Å². The molecule has 4 rings (SSSR count). The van der Waals surface area contributed by atoms with Crippen LogP contribution < -0.4 is 10.6 Å². The summed E-state index contributed by atoms with van der Waals surface area (Å²) in [5.74, 6) is 1.90. The average Bonchev–Trinajstić information content (AvgIpc) is 3.19. The van der Waals surface area contributed by atoms with E-state index in [1.807, 2.05) is 42.8 Å². The number of nitrogens with zero attached hydrogens (tertiary/aromatic N) is 3. The van der Waals surface area contributed by atoms with E-state index < -0.39 is 0 Å². The first-order chi connectivity index (χ1) is 15.9. The second-order valence-electron chi connectivity index (χ2n) is 8.72. The third-order valence-corrected chi connectivity index (χ3v) is 6.75. The minimum Gasteiger partial charge on any atom is -0.328 e. The van der Waals surface area contributed by atoms with E-state index in [0.717, 1.165) is 39.8 Å². The highest BCUT2D eigenvalue weighted by Crippen LogP contribution is 2.37. The first kappa shape index (κ1) is 23.1. The molecule has 2 aromatic carbocycles. The molecule has 1 aliphatic heterocycles. The predicted molar refractivity (Wildman–Crippen MR) is 136 cm³/mol. The summed E-state index contributed by atoms with van der Waals surface area (Å²) in [6.07, 6.45) is 1.05. The number of nitrogens with one attached hydrogen (secondary N) is 2. The molecule has 0 fully saturated rings. The summed E-state index contributed by atoms with van der Waals surface area (Å²) in [5, 5.41) is 11.9. The van der Waals surface area contributed by atoms with E-state index in [1.165, 1.54) is 5.56 Å². The van der Waals surface area contributed by atoms with E-state index in [1.54, 1.807) is 11.8 Å². The van der Waals surface area contributed by atoms with Crippen LogP contribution in [0.1, 0.15) is 62.8 Å². The number of amides is 1. The third-order valence-electron chi connectivity index (χ3n) is 5.71. The highest BCUT2D eigenvalue weighted by atomic mass is 32.2. The van der Waals surface area contributed by atoms with Gasteiger partial charge in [0.15, 0.2) is 0 Å². The van der Waals surface area contributed by atoms with Crippen molar-refractivity contribution in [1.82, 2.24) is 14.8 Å². The SMILES string of the molecule is CCCSc1nc2n(n1)C(c1ccc(C(C)C)cc1)C(C(=O)Nc1cccc(C)c1)=C(C)N2. The van der Waals surface area contributed by atoms with Gasteiger partial charge in [0.1, 0.15) is 6.04 Å². The maximum absolute atomic E-state index is 13.6. The molecule has 3 aromatic rings. The Morgan fingerprint density at radius 2 is 1.94 bits per heavy atom. The first-order valence-electron chi connectivity index (χ1n) is 11.4. The quantitative estimate of drug-likeness (QED) is 0.414. The number of allylic oxidation sites excluding steroid dienone is 1. The molecule has 2 N–H and O–H groups in total. The summed E-state index contributed by atoms with van der Waals surface area (Å²) < 4.78 is 1.85. The molecule has 2 heterocycles. The van der Waals surface area contributed by atoms with Crippen molar-refractivity contribution >= 4 is 29.3 Å². The highest BCUT2D eigenvalue weighted by molar-refractivity contribution is 7.99. The normalized spacial score (nSPS) is 15.4. The van der Waals surface area contributed by atoms with Crippen LogP contribution in [0, 0.1) is 6.92 Å². The van der Waals surface area contributed by atoms with Crippen LogP contribution in [-0.4, -0.2) is 26.4 Å². The molecule has 0 spiro atoms. The van der Waals surface area contributed by atoms with Crippen molar-refractivity contribution in [3.63, 3.8) is 0 Å². The Morgan fingerprint density at radius 3 is 2.61 bits per heavy atom. The van der Waals surface area contributed by atoms with Gasteiger partial charge < -0.3 is 10.6 Å². The lowest BCUT2D eigenvalue weighted by Gasteiger charge is -2.29. The van der Waals surface area contributed by atoms with Crippen molar-refractivity contribution < 1.29 is 4.79 Å². The molecule has 1 amide bonds. The zero-order valence-electron chi connectivity index (χ0n) is 19.8. The van der Waals surface area contributed by atoms with E-state index in [-0.39, 0.29) is 11.9 Å². The van der Waals surface area contributed by atoms with E-state index in [0.29, 0.717) is 17.4 Å². The fraction of sp³-hybridized carbons (Fsp3) is 0.346. The second-order valence-corrected chi connectivity index (χ2v) is 9.78. The van der Waals surface area contributed by atoms with Crippen LogP contribution in [-0.2, 0) is 4.79 Å². The van der Waals surface area contributed by atoms with Gasteiger partial charge in [0, 0.05) is 17.1 Å². The van der Waals surface area contributed by atoms with Crippen molar-refractivity contribution in [2.24, 2.45) is 0 Å². The van der Waals surface area contributed by atoms with Crippen LogP contribution in [0.3, 0.4) is 0 Å². The Balaban J connectivity index is 1.75. The number of benzene rings is 2. The predicted octanol–water partition coefficient (Wildman–Crippen LogP) is 6.14. The fourth-order valence-corrected chi connectivity index (χ4v) is 4.66. The number of fused-ring (bicyclic) bond motifs is 1. The van der Waals surface area contributed by atoms with Crippen LogP contribution in [0.25, 0.3) is 0 Å². The van der Waals surface area contributed by atoms with Crippen molar-refractivity contribution in [2.45, 2.75) is 58.2 Å². The van der Waals surface area contributed by atoms with Gasteiger partial charge in [0.25, 0.3) is 5.91 Å². The number of hydrogen-bond donors (Lipinski definition) is 2. The Labute approximate surface area is 199 Å². The van der Waals surface area contributed by atoms with E-state index >= 15 is 0 Å². The summed E-state index contributed by atoms with van der Waals surface area (Å²) in [5.41, 5.74) is 5.56. The largest absolute Gasteiger partial charge is 0.328 e. The van der Waals surface area contributed by atoms with Gasteiger partial charge in [-0.1, -0.05) is 68.9 Å².